The first kappa shape index (κ1) is 11.6. The molecule has 0 aliphatic rings. The fraction of sp³-hybridized carbons (Fsp3) is 0.333. The normalized spacial score (nSPS) is 11.5. The maximum absolute atomic E-state index is 5.38. The standard InChI is InChI=1S/C12H17N3/c1-4-10-5-6-11(9(2)15-8-13)12(7-10)14-3/h5-7H,3-4,8,13H2,1-2H3/b15-9-. The predicted molar refractivity (Wildman–Crippen MR) is 66.3 cm³/mol. The van der Waals surface area contributed by atoms with Crippen molar-refractivity contribution in [2.75, 3.05) is 6.67 Å². The lowest BCUT2D eigenvalue weighted by Gasteiger charge is -2.06. The maximum Gasteiger partial charge on any atom is 0.0862 e. The van der Waals surface area contributed by atoms with E-state index >= 15 is 0 Å². The van der Waals surface area contributed by atoms with Gasteiger partial charge < -0.3 is 5.73 Å². The van der Waals surface area contributed by atoms with Crippen LogP contribution in [-0.2, 0) is 6.42 Å². The van der Waals surface area contributed by atoms with E-state index in [2.05, 4.69) is 29.7 Å². The maximum atomic E-state index is 5.38. The Balaban J connectivity index is 3.18. The molecule has 1 aromatic rings. The molecule has 0 aliphatic heterocycles. The summed E-state index contributed by atoms with van der Waals surface area (Å²) in [5, 5.41) is 0. The van der Waals surface area contributed by atoms with Crippen molar-refractivity contribution in [1.29, 1.82) is 0 Å². The van der Waals surface area contributed by atoms with E-state index < -0.39 is 0 Å². The number of hydrogen-bond acceptors (Lipinski definition) is 3. The highest BCUT2D eigenvalue weighted by molar-refractivity contribution is 6.03. The number of aryl methyl sites for hydroxylation is 1. The zero-order chi connectivity index (χ0) is 11.3. The van der Waals surface area contributed by atoms with Crippen LogP contribution in [0.3, 0.4) is 0 Å². The van der Waals surface area contributed by atoms with E-state index in [1.165, 1.54) is 5.56 Å². The van der Waals surface area contributed by atoms with Gasteiger partial charge in [-0.05, 0) is 31.7 Å². The van der Waals surface area contributed by atoms with Gasteiger partial charge in [-0.15, -0.1) is 0 Å². The minimum absolute atomic E-state index is 0.304. The number of hydrogen-bond donors (Lipinski definition) is 1. The summed E-state index contributed by atoms with van der Waals surface area (Å²) in [6.07, 6.45) is 0.996. The van der Waals surface area contributed by atoms with Gasteiger partial charge in [-0.3, -0.25) is 9.98 Å². The van der Waals surface area contributed by atoms with Gasteiger partial charge >= 0.3 is 0 Å². The predicted octanol–water partition coefficient (Wildman–Crippen LogP) is 2.31. The van der Waals surface area contributed by atoms with Crippen LogP contribution in [0.4, 0.5) is 5.69 Å². The number of nitrogens with zero attached hydrogens (tertiary/aromatic N) is 2. The van der Waals surface area contributed by atoms with Gasteiger partial charge in [-0.1, -0.05) is 19.1 Å². The SMILES string of the molecule is C=Nc1cc(CC)ccc1/C(C)=N\CN. The van der Waals surface area contributed by atoms with E-state index in [-0.39, 0.29) is 0 Å². The van der Waals surface area contributed by atoms with E-state index in [0.29, 0.717) is 6.67 Å². The molecule has 0 atom stereocenters. The monoisotopic (exact) mass is 203 g/mol. The molecule has 3 nitrogen and oxygen atoms in total. The Labute approximate surface area is 90.8 Å². The molecule has 2 N–H and O–H groups in total. The number of benzene rings is 1. The van der Waals surface area contributed by atoms with Crippen LogP contribution in [0.5, 0.6) is 0 Å². The van der Waals surface area contributed by atoms with E-state index in [9.17, 15) is 0 Å². The van der Waals surface area contributed by atoms with Gasteiger partial charge in [-0.25, -0.2) is 0 Å². The molecule has 0 saturated heterocycles. The van der Waals surface area contributed by atoms with Crippen LogP contribution in [-0.4, -0.2) is 19.1 Å². The van der Waals surface area contributed by atoms with Gasteiger partial charge in [0.1, 0.15) is 0 Å². The zero-order valence-corrected chi connectivity index (χ0v) is 9.33. The van der Waals surface area contributed by atoms with Gasteiger partial charge in [-0.2, -0.15) is 0 Å². The van der Waals surface area contributed by atoms with Gasteiger partial charge in [0.25, 0.3) is 0 Å². The Morgan fingerprint density at radius 1 is 1.47 bits per heavy atom. The molecule has 0 fully saturated rings. The van der Waals surface area contributed by atoms with Crippen molar-refractivity contribution < 1.29 is 0 Å². The van der Waals surface area contributed by atoms with E-state index in [0.717, 1.165) is 23.4 Å². The molecule has 15 heavy (non-hydrogen) atoms. The summed E-state index contributed by atoms with van der Waals surface area (Å²) in [5.74, 6) is 0. The topological polar surface area (TPSA) is 50.7 Å². The van der Waals surface area contributed by atoms with Crippen LogP contribution >= 0.6 is 0 Å². The lowest BCUT2D eigenvalue weighted by molar-refractivity contribution is 1.07. The first-order valence-corrected chi connectivity index (χ1v) is 5.04. The van der Waals surface area contributed by atoms with E-state index in [1.807, 2.05) is 19.1 Å². The molecule has 1 aromatic carbocycles. The first-order valence-electron chi connectivity index (χ1n) is 5.04. The van der Waals surface area contributed by atoms with Crippen molar-refractivity contribution in [2.45, 2.75) is 20.3 Å². The molecular formula is C12H17N3. The fourth-order valence-corrected chi connectivity index (χ4v) is 1.46. The molecule has 80 valence electrons. The summed E-state index contributed by atoms with van der Waals surface area (Å²) < 4.78 is 0. The Hall–Kier alpha value is -1.48. The van der Waals surface area contributed by atoms with Crippen LogP contribution in [0.2, 0.25) is 0 Å². The van der Waals surface area contributed by atoms with Gasteiger partial charge in [0.2, 0.25) is 0 Å². The second-order valence-electron chi connectivity index (χ2n) is 3.29. The smallest absolute Gasteiger partial charge is 0.0862 e. The number of nitrogens with two attached hydrogens (primary N) is 1. The van der Waals surface area contributed by atoms with Crippen molar-refractivity contribution in [3.63, 3.8) is 0 Å². The van der Waals surface area contributed by atoms with Gasteiger partial charge in [0.15, 0.2) is 0 Å². The third kappa shape index (κ3) is 2.73. The van der Waals surface area contributed by atoms with E-state index in [1.54, 1.807) is 0 Å². The molecule has 0 amide bonds. The quantitative estimate of drug-likeness (QED) is 0.750. The number of rotatable bonds is 4. The zero-order valence-electron chi connectivity index (χ0n) is 9.33. The Morgan fingerprint density at radius 3 is 2.73 bits per heavy atom. The van der Waals surface area contributed by atoms with Crippen molar-refractivity contribution in [3.8, 4) is 0 Å². The van der Waals surface area contributed by atoms with Crippen LogP contribution in [0.25, 0.3) is 0 Å². The van der Waals surface area contributed by atoms with Crippen molar-refractivity contribution in [3.05, 3.63) is 29.3 Å². The highest BCUT2D eigenvalue weighted by Gasteiger charge is 2.04. The Kier molecular flexibility index (Phi) is 4.18. The summed E-state index contributed by atoms with van der Waals surface area (Å²) in [6, 6.07) is 6.15. The molecule has 0 saturated carbocycles. The third-order valence-corrected chi connectivity index (χ3v) is 2.36. The Morgan fingerprint density at radius 2 is 2.20 bits per heavy atom. The lowest BCUT2D eigenvalue weighted by Crippen LogP contribution is -2.02. The molecule has 0 spiro atoms. The minimum Gasteiger partial charge on any atom is -0.312 e. The molecule has 0 aliphatic carbocycles. The summed E-state index contributed by atoms with van der Waals surface area (Å²) in [4.78, 5) is 8.18. The van der Waals surface area contributed by atoms with Crippen molar-refractivity contribution in [1.82, 2.24) is 0 Å². The van der Waals surface area contributed by atoms with Crippen LogP contribution in [0.1, 0.15) is 25.0 Å². The molecule has 0 bridgehead atoms. The lowest BCUT2D eigenvalue weighted by atomic mass is 10.0. The van der Waals surface area contributed by atoms with Gasteiger partial charge in [0, 0.05) is 11.3 Å². The van der Waals surface area contributed by atoms with Crippen molar-refractivity contribution in [2.24, 2.45) is 15.7 Å². The van der Waals surface area contributed by atoms with Gasteiger partial charge in [0.05, 0.1) is 12.4 Å². The van der Waals surface area contributed by atoms with Crippen LogP contribution in [0.15, 0.2) is 28.2 Å². The fourth-order valence-electron chi connectivity index (χ4n) is 1.46. The molecular weight excluding hydrogens is 186 g/mol. The second-order valence-corrected chi connectivity index (χ2v) is 3.29. The molecule has 0 heterocycles. The van der Waals surface area contributed by atoms with Crippen LogP contribution in [0, 0.1) is 0 Å². The Bertz CT molecular complexity index is 380. The van der Waals surface area contributed by atoms with E-state index in [4.69, 9.17) is 5.73 Å². The second kappa shape index (κ2) is 5.41. The van der Waals surface area contributed by atoms with Crippen LogP contribution < -0.4 is 5.73 Å². The number of aliphatic imine (C=N–C) groups is 2. The molecule has 0 radical (unpaired) electrons. The highest BCUT2D eigenvalue weighted by Crippen LogP contribution is 2.21. The molecule has 3 heteroatoms. The van der Waals surface area contributed by atoms with Crippen molar-refractivity contribution >= 4 is 18.1 Å². The molecule has 0 aromatic heterocycles. The minimum atomic E-state index is 0.304. The summed E-state index contributed by atoms with van der Waals surface area (Å²) in [7, 11) is 0. The largest absolute Gasteiger partial charge is 0.312 e. The summed E-state index contributed by atoms with van der Waals surface area (Å²) in [6.45, 7) is 7.92. The highest BCUT2D eigenvalue weighted by atomic mass is 14.9. The molecule has 0 unspecified atom stereocenters. The summed E-state index contributed by atoms with van der Waals surface area (Å²) >= 11 is 0. The average Bonchev–Trinajstić information content (AvgIpc) is 2.28. The molecule has 1 rings (SSSR count). The summed E-state index contributed by atoms with van der Waals surface area (Å²) in [5.41, 5.74) is 9.42. The average molecular weight is 203 g/mol. The third-order valence-electron chi connectivity index (χ3n) is 2.36. The first-order chi connectivity index (χ1) is 7.22.